The fourth-order valence-corrected chi connectivity index (χ4v) is 1.82. The third-order valence-corrected chi connectivity index (χ3v) is 2.93. The van der Waals surface area contributed by atoms with Gasteiger partial charge < -0.3 is 15.2 Å². The van der Waals surface area contributed by atoms with Gasteiger partial charge >= 0.3 is 5.97 Å². The van der Waals surface area contributed by atoms with Crippen LogP contribution in [0.25, 0.3) is 10.9 Å². The molecule has 0 fully saturated rings. The first-order valence-electron chi connectivity index (χ1n) is 6.06. The number of aromatic amines is 1. The summed E-state index contributed by atoms with van der Waals surface area (Å²) in [7, 11) is 1.41. The lowest BCUT2D eigenvalue weighted by molar-refractivity contribution is -0.139. The SMILES string of the molecule is COC(CNC(=O)c1ccc2cn[nH]c2c1)CC(=O)O. The molecule has 0 radical (unpaired) electrons. The summed E-state index contributed by atoms with van der Waals surface area (Å²) in [5.74, 6) is -1.25. The van der Waals surface area contributed by atoms with E-state index in [1.54, 1.807) is 24.4 Å². The van der Waals surface area contributed by atoms with Crippen molar-refractivity contribution in [1.29, 1.82) is 0 Å². The topological polar surface area (TPSA) is 104 Å². The summed E-state index contributed by atoms with van der Waals surface area (Å²) in [5.41, 5.74) is 1.25. The first kappa shape index (κ1) is 14.0. The number of carbonyl (C=O) groups excluding carboxylic acids is 1. The van der Waals surface area contributed by atoms with Crippen LogP contribution in [-0.2, 0) is 9.53 Å². The summed E-state index contributed by atoms with van der Waals surface area (Å²) in [6.45, 7) is 0.142. The molecule has 7 heteroatoms. The van der Waals surface area contributed by atoms with Gasteiger partial charge in [0.15, 0.2) is 0 Å². The molecule has 3 N–H and O–H groups in total. The Labute approximate surface area is 114 Å². The molecule has 1 amide bonds. The van der Waals surface area contributed by atoms with E-state index in [1.165, 1.54) is 7.11 Å². The molecule has 20 heavy (non-hydrogen) atoms. The third kappa shape index (κ3) is 3.33. The minimum atomic E-state index is -0.968. The molecule has 2 rings (SSSR count). The van der Waals surface area contributed by atoms with Gasteiger partial charge in [-0.15, -0.1) is 0 Å². The van der Waals surface area contributed by atoms with E-state index in [4.69, 9.17) is 9.84 Å². The molecule has 2 aromatic rings. The van der Waals surface area contributed by atoms with Crippen molar-refractivity contribution in [2.45, 2.75) is 12.5 Å². The zero-order valence-corrected chi connectivity index (χ0v) is 10.9. The van der Waals surface area contributed by atoms with E-state index in [2.05, 4.69) is 15.5 Å². The lowest BCUT2D eigenvalue weighted by atomic mass is 10.1. The van der Waals surface area contributed by atoms with Gasteiger partial charge in [0.25, 0.3) is 5.91 Å². The van der Waals surface area contributed by atoms with Crippen LogP contribution in [-0.4, -0.2) is 46.9 Å². The number of nitrogens with one attached hydrogen (secondary N) is 2. The number of carboxylic acids is 1. The molecule has 0 aliphatic heterocycles. The maximum atomic E-state index is 12.0. The van der Waals surface area contributed by atoms with Crippen molar-refractivity contribution in [1.82, 2.24) is 15.5 Å². The van der Waals surface area contributed by atoms with E-state index in [0.717, 1.165) is 10.9 Å². The first-order chi connectivity index (χ1) is 9.60. The predicted molar refractivity (Wildman–Crippen MR) is 71.5 cm³/mol. The number of amides is 1. The summed E-state index contributed by atoms with van der Waals surface area (Å²) in [5, 5.41) is 18.9. The number of rotatable bonds is 6. The van der Waals surface area contributed by atoms with Crippen molar-refractivity contribution in [2.24, 2.45) is 0 Å². The minimum absolute atomic E-state index is 0.142. The maximum Gasteiger partial charge on any atom is 0.306 e. The number of methoxy groups -OCH3 is 1. The predicted octanol–water partition coefficient (Wildman–Crippen LogP) is 0.782. The molecular formula is C13H15N3O4. The monoisotopic (exact) mass is 277 g/mol. The lowest BCUT2D eigenvalue weighted by Gasteiger charge is -2.13. The Morgan fingerprint density at radius 2 is 2.30 bits per heavy atom. The average molecular weight is 277 g/mol. The van der Waals surface area contributed by atoms with Crippen LogP contribution >= 0.6 is 0 Å². The minimum Gasteiger partial charge on any atom is -0.481 e. The Kier molecular flexibility index (Phi) is 4.31. The summed E-state index contributed by atoms with van der Waals surface area (Å²) < 4.78 is 4.99. The molecule has 1 atom stereocenters. The smallest absolute Gasteiger partial charge is 0.306 e. The van der Waals surface area contributed by atoms with Crippen LogP contribution in [0.15, 0.2) is 24.4 Å². The van der Waals surface area contributed by atoms with E-state index in [9.17, 15) is 9.59 Å². The second-order valence-electron chi connectivity index (χ2n) is 4.34. The first-order valence-corrected chi connectivity index (χ1v) is 6.06. The van der Waals surface area contributed by atoms with Gasteiger partial charge in [0.1, 0.15) is 0 Å². The van der Waals surface area contributed by atoms with Crippen molar-refractivity contribution >= 4 is 22.8 Å². The van der Waals surface area contributed by atoms with Gasteiger partial charge in [0, 0.05) is 24.6 Å². The number of nitrogens with zero attached hydrogens (tertiary/aromatic N) is 1. The molecular weight excluding hydrogens is 262 g/mol. The zero-order chi connectivity index (χ0) is 14.5. The van der Waals surface area contributed by atoms with Crippen molar-refractivity contribution in [3.8, 4) is 0 Å². The molecule has 0 spiro atoms. The molecule has 0 saturated heterocycles. The Morgan fingerprint density at radius 1 is 1.50 bits per heavy atom. The Morgan fingerprint density at radius 3 is 3.00 bits per heavy atom. The molecule has 1 heterocycles. The number of hydrogen-bond donors (Lipinski definition) is 3. The summed E-state index contributed by atoms with van der Waals surface area (Å²) >= 11 is 0. The molecule has 0 aliphatic rings. The molecule has 1 aromatic carbocycles. The highest BCUT2D eigenvalue weighted by Gasteiger charge is 2.14. The number of benzene rings is 1. The fourth-order valence-electron chi connectivity index (χ4n) is 1.82. The summed E-state index contributed by atoms with van der Waals surface area (Å²) in [6.07, 6.45) is 0.966. The fraction of sp³-hybridized carbons (Fsp3) is 0.308. The highest BCUT2D eigenvalue weighted by atomic mass is 16.5. The number of carbonyl (C=O) groups is 2. The second kappa shape index (κ2) is 6.16. The highest BCUT2D eigenvalue weighted by molar-refractivity contribution is 5.97. The number of H-pyrrole nitrogens is 1. The van der Waals surface area contributed by atoms with Crippen LogP contribution in [0.1, 0.15) is 16.8 Å². The molecule has 1 aromatic heterocycles. The van der Waals surface area contributed by atoms with E-state index < -0.39 is 12.1 Å². The van der Waals surface area contributed by atoms with Crippen LogP contribution < -0.4 is 5.32 Å². The van der Waals surface area contributed by atoms with E-state index >= 15 is 0 Å². The van der Waals surface area contributed by atoms with Gasteiger partial charge in [-0.25, -0.2) is 0 Å². The number of hydrogen-bond acceptors (Lipinski definition) is 4. The van der Waals surface area contributed by atoms with Gasteiger partial charge in [-0.05, 0) is 12.1 Å². The Hall–Kier alpha value is -2.41. The number of aliphatic carboxylic acids is 1. The third-order valence-electron chi connectivity index (χ3n) is 2.93. The van der Waals surface area contributed by atoms with Crippen molar-refractivity contribution in [3.05, 3.63) is 30.0 Å². The quantitative estimate of drug-likeness (QED) is 0.724. The van der Waals surface area contributed by atoms with Crippen LogP contribution in [0.2, 0.25) is 0 Å². The van der Waals surface area contributed by atoms with Crippen LogP contribution in [0.3, 0.4) is 0 Å². The molecule has 106 valence electrons. The number of carboxylic acid groups (broad SMARTS) is 1. The summed E-state index contributed by atoms with van der Waals surface area (Å²) in [4.78, 5) is 22.6. The molecule has 0 bridgehead atoms. The summed E-state index contributed by atoms with van der Waals surface area (Å²) in [6, 6.07) is 5.17. The number of fused-ring (bicyclic) bond motifs is 1. The largest absolute Gasteiger partial charge is 0.481 e. The highest BCUT2D eigenvalue weighted by Crippen LogP contribution is 2.12. The molecule has 1 unspecified atom stereocenters. The van der Waals surface area contributed by atoms with Crippen LogP contribution in [0.5, 0.6) is 0 Å². The van der Waals surface area contributed by atoms with E-state index in [0.29, 0.717) is 5.56 Å². The molecule has 0 saturated carbocycles. The maximum absolute atomic E-state index is 12.0. The second-order valence-corrected chi connectivity index (χ2v) is 4.34. The van der Waals surface area contributed by atoms with Crippen molar-refractivity contribution in [2.75, 3.05) is 13.7 Å². The van der Waals surface area contributed by atoms with Crippen molar-refractivity contribution < 1.29 is 19.4 Å². The van der Waals surface area contributed by atoms with Gasteiger partial charge in [-0.2, -0.15) is 5.10 Å². The van der Waals surface area contributed by atoms with Crippen LogP contribution in [0, 0.1) is 0 Å². The Bertz CT molecular complexity index is 623. The molecule has 7 nitrogen and oxygen atoms in total. The Balaban J connectivity index is 1.98. The number of ether oxygens (including phenoxy) is 1. The lowest BCUT2D eigenvalue weighted by Crippen LogP contribution is -2.34. The molecule has 0 aliphatic carbocycles. The zero-order valence-electron chi connectivity index (χ0n) is 10.9. The van der Waals surface area contributed by atoms with Crippen molar-refractivity contribution in [3.63, 3.8) is 0 Å². The van der Waals surface area contributed by atoms with Gasteiger partial charge in [-0.1, -0.05) is 6.07 Å². The van der Waals surface area contributed by atoms with Gasteiger partial charge in [0.2, 0.25) is 0 Å². The van der Waals surface area contributed by atoms with Gasteiger partial charge in [-0.3, -0.25) is 14.7 Å². The van der Waals surface area contributed by atoms with Gasteiger partial charge in [0.05, 0.1) is 24.2 Å². The average Bonchev–Trinajstić information content (AvgIpc) is 2.89. The van der Waals surface area contributed by atoms with E-state index in [1.807, 2.05) is 0 Å². The normalized spacial score (nSPS) is 12.2. The van der Waals surface area contributed by atoms with E-state index in [-0.39, 0.29) is 18.9 Å². The number of aromatic nitrogens is 2. The standard InChI is InChI=1S/C13H15N3O4/c1-20-10(5-12(17)18)7-14-13(19)8-2-3-9-6-15-16-11(9)4-8/h2-4,6,10H,5,7H2,1H3,(H,14,19)(H,15,16)(H,17,18). The van der Waals surface area contributed by atoms with Crippen LogP contribution in [0.4, 0.5) is 0 Å².